The van der Waals surface area contributed by atoms with E-state index < -0.39 is 5.69 Å². The highest BCUT2D eigenvalue weighted by Gasteiger charge is 2.21. The van der Waals surface area contributed by atoms with Crippen LogP contribution in [-0.2, 0) is 0 Å². The Morgan fingerprint density at radius 1 is 0.958 bits per heavy atom. The molecule has 8 heteroatoms. The number of rotatable bonds is 2. The zero-order valence-corrected chi connectivity index (χ0v) is 15.7. The van der Waals surface area contributed by atoms with Crippen LogP contribution in [0.4, 0.5) is 0 Å². The number of hydrogen-bond donors (Lipinski definition) is 0. The van der Waals surface area contributed by atoms with E-state index in [0.717, 1.165) is 5.56 Å². The molecule has 2 heterocycles. The second kappa shape index (κ2) is 6.52. The summed E-state index contributed by atoms with van der Waals surface area (Å²) >= 11 is 24.5. The average molecular weight is 403 g/mol. The minimum absolute atomic E-state index is 0.00777. The lowest BCUT2D eigenvalue weighted by molar-refractivity contribution is 0.834. The number of para-hydroxylation sites is 1. The summed E-state index contributed by atoms with van der Waals surface area (Å²) in [6.07, 6.45) is 0. The van der Waals surface area contributed by atoms with Gasteiger partial charge in [-0.05, 0) is 17.5 Å². The first-order chi connectivity index (χ1) is 11.3. The lowest BCUT2D eigenvalue weighted by Gasteiger charge is -2.17. The van der Waals surface area contributed by atoms with Crippen molar-refractivity contribution < 1.29 is 0 Å². The number of halogens is 4. The molecule has 0 spiro atoms. The summed E-state index contributed by atoms with van der Waals surface area (Å²) in [6, 6.07) is 7.47. The molecule has 0 radical (unpaired) electrons. The van der Waals surface area contributed by atoms with Gasteiger partial charge in [0.15, 0.2) is 10.8 Å². The van der Waals surface area contributed by atoms with E-state index in [1.807, 2.05) is 38.1 Å². The Morgan fingerprint density at radius 3 is 2.29 bits per heavy atom. The van der Waals surface area contributed by atoms with Crippen molar-refractivity contribution in [3.8, 4) is 5.69 Å². The first-order valence-electron chi connectivity index (χ1n) is 7.05. The van der Waals surface area contributed by atoms with Crippen LogP contribution >= 0.6 is 46.4 Å². The van der Waals surface area contributed by atoms with Crippen molar-refractivity contribution in [3.63, 3.8) is 0 Å². The van der Waals surface area contributed by atoms with Crippen LogP contribution in [0.1, 0.15) is 25.3 Å². The number of aromatic nitrogens is 3. The van der Waals surface area contributed by atoms with Gasteiger partial charge in [0.25, 0.3) is 0 Å². The van der Waals surface area contributed by atoms with Gasteiger partial charge in [0.2, 0.25) is 0 Å². The molecule has 0 aliphatic rings. The largest absolute Gasteiger partial charge is 0.355 e. The lowest BCUT2D eigenvalue weighted by Crippen LogP contribution is -2.24. The Balaban J connectivity index is 2.53. The van der Waals surface area contributed by atoms with Crippen LogP contribution in [0, 0.1) is 0 Å². The van der Waals surface area contributed by atoms with Crippen molar-refractivity contribution in [3.05, 3.63) is 60.7 Å². The molecule has 0 N–H and O–H groups in total. The Kier molecular flexibility index (Phi) is 4.76. The highest BCUT2D eigenvalue weighted by molar-refractivity contribution is 6.51. The smallest absolute Gasteiger partial charge is 0.245 e. The van der Waals surface area contributed by atoms with Crippen molar-refractivity contribution in [1.82, 2.24) is 14.5 Å². The van der Waals surface area contributed by atoms with Crippen LogP contribution in [-0.4, -0.2) is 14.5 Å². The molecule has 4 nitrogen and oxygen atoms in total. The van der Waals surface area contributed by atoms with Crippen LogP contribution in [0.2, 0.25) is 20.4 Å². The molecule has 0 fully saturated rings. The second-order valence-electron chi connectivity index (χ2n) is 5.46. The van der Waals surface area contributed by atoms with Crippen LogP contribution in [0.15, 0.2) is 29.1 Å². The molecule has 124 valence electrons. The number of benzene rings is 1. The molecule has 0 saturated carbocycles. The predicted octanol–water partition coefficient (Wildman–Crippen LogP) is 5.52. The molecule has 0 unspecified atom stereocenters. The highest BCUT2D eigenvalue weighted by atomic mass is 35.5. The SMILES string of the molecule is CC(C)c1ccccc1-n1c(=O)nc(Cl)c2c(Cl)c(Cl)c(Cl)nc21. The van der Waals surface area contributed by atoms with Crippen molar-refractivity contribution in [2.45, 2.75) is 19.8 Å². The topological polar surface area (TPSA) is 47.8 Å². The minimum Gasteiger partial charge on any atom is -0.245 e. The van der Waals surface area contributed by atoms with E-state index in [2.05, 4.69) is 9.97 Å². The van der Waals surface area contributed by atoms with E-state index in [4.69, 9.17) is 46.4 Å². The number of fused-ring (bicyclic) bond motifs is 1. The maximum atomic E-state index is 12.5. The molecule has 0 amide bonds. The third kappa shape index (κ3) is 2.78. The molecule has 0 aliphatic carbocycles. The fourth-order valence-corrected chi connectivity index (χ4v) is 3.44. The van der Waals surface area contributed by atoms with Gasteiger partial charge >= 0.3 is 5.69 Å². The normalized spacial score (nSPS) is 11.5. The van der Waals surface area contributed by atoms with E-state index >= 15 is 0 Å². The van der Waals surface area contributed by atoms with Crippen LogP contribution in [0.25, 0.3) is 16.7 Å². The molecular formula is C16H11Cl4N3O. The Labute approximate surface area is 158 Å². The molecule has 2 aromatic heterocycles. The van der Waals surface area contributed by atoms with E-state index in [0.29, 0.717) is 5.69 Å². The van der Waals surface area contributed by atoms with E-state index in [1.54, 1.807) is 0 Å². The van der Waals surface area contributed by atoms with Gasteiger partial charge in [-0.1, -0.05) is 78.5 Å². The maximum Gasteiger partial charge on any atom is 0.355 e. The maximum absolute atomic E-state index is 12.5. The van der Waals surface area contributed by atoms with E-state index in [1.165, 1.54) is 4.57 Å². The van der Waals surface area contributed by atoms with Gasteiger partial charge in [-0.2, -0.15) is 4.98 Å². The van der Waals surface area contributed by atoms with Gasteiger partial charge in [0.05, 0.1) is 21.1 Å². The zero-order valence-electron chi connectivity index (χ0n) is 12.6. The van der Waals surface area contributed by atoms with Crippen LogP contribution in [0.5, 0.6) is 0 Å². The molecular weight excluding hydrogens is 392 g/mol. The number of pyridine rings is 1. The van der Waals surface area contributed by atoms with Crippen molar-refractivity contribution in [2.75, 3.05) is 0 Å². The molecule has 0 bridgehead atoms. The Bertz CT molecular complexity index is 1010. The van der Waals surface area contributed by atoms with Crippen LogP contribution in [0.3, 0.4) is 0 Å². The third-order valence-corrected chi connectivity index (χ3v) is 5.11. The fourth-order valence-electron chi connectivity index (χ4n) is 2.52. The van der Waals surface area contributed by atoms with E-state index in [9.17, 15) is 4.79 Å². The summed E-state index contributed by atoms with van der Waals surface area (Å²) in [4.78, 5) is 20.6. The summed E-state index contributed by atoms with van der Waals surface area (Å²) in [5.41, 5.74) is 1.25. The van der Waals surface area contributed by atoms with Crippen molar-refractivity contribution in [1.29, 1.82) is 0 Å². The lowest BCUT2D eigenvalue weighted by atomic mass is 10.0. The molecule has 0 aliphatic heterocycles. The van der Waals surface area contributed by atoms with Gasteiger partial charge in [-0.25, -0.2) is 14.3 Å². The van der Waals surface area contributed by atoms with Gasteiger partial charge in [0.1, 0.15) is 5.15 Å². The minimum atomic E-state index is -0.567. The zero-order chi connectivity index (χ0) is 17.6. The summed E-state index contributed by atoms with van der Waals surface area (Å²) in [5, 5.41) is 0.388. The predicted molar refractivity (Wildman–Crippen MR) is 99.3 cm³/mol. The third-order valence-electron chi connectivity index (χ3n) is 3.62. The summed E-state index contributed by atoms with van der Waals surface area (Å²) < 4.78 is 1.35. The van der Waals surface area contributed by atoms with Crippen molar-refractivity contribution >= 4 is 57.4 Å². The summed E-state index contributed by atoms with van der Waals surface area (Å²) in [7, 11) is 0. The number of hydrogen-bond acceptors (Lipinski definition) is 3. The van der Waals surface area contributed by atoms with Gasteiger partial charge in [-0.3, -0.25) is 0 Å². The molecule has 24 heavy (non-hydrogen) atoms. The second-order valence-corrected chi connectivity index (χ2v) is 6.94. The molecule has 0 atom stereocenters. The summed E-state index contributed by atoms with van der Waals surface area (Å²) in [6.45, 7) is 4.05. The van der Waals surface area contributed by atoms with Gasteiger partial charge < -0.3 is 0 Å². The van der Waals surface area contributed by atoms with Gasteiger partial charge in [-0.15, -0.1) is 0 Å². The summed E-state index contributed by atoms with van der Waals surface area (Å²) in [5.74, 6) is 0.178. The molecule has 0 saturated heterocycles. The molecule has 1 aromatic carbocycles. The standard InChI is InChI=1S/C16H11Cl4N3O/c1-7(2)8-5-3-4-6-9(8)23-15-10(13(19)22-16(23)24)11(17)12(18)14(20)21-15/h3-7H,1-2H3. The first kappa shape index (κ1) is 17.5. The quantitative estimate of drug-likeness (QED) is 0.419. The van der Waals surface area contributed by atoms with Gasteiger partial charge in [0, 0.05) is 0 Å². The average Bonchev–Trinajstić information content (AvgIpc) is 2.52. The molecule has 3 rings (SSSR count). The van der Waals surface area contributed by atoms with Crippen LogP contribution < -0.4 is 5.69 Å². The number of nitrogens with zero attached hydrogens (tertiary/aromatic N) is 3. The fraction of sp³-hybridized carbons (Fsp3) is 0.188. The van der Waals surface area contributed by atoms with Crippen molar-refractivity contribution in [2.24, 2.45) is 0 Å². The Hall–Kier alpha value is -1.33. The molecule has 3 aromatic rings. The highest BCUT2D eigenvalue weighted by Crippen LogP contribution is 2.37. The van der Waals surface area contributed by atoms with E-state index in [-0.39, 0.29) is 37.3 Å². The monoisotopic (exact) mass is 401 g/mol. The first-order valence-corrected chi connectivity index (χ1v) is 8.56. The Morgan fingerprint density at radius 2 is 1.62 bits per heavy atom.